The number of phenolic OH excluding ortho intramolecular Hbond substituents is 1. The average Bonchev–Trinajstić information content (AvgIpc) is 2.29. The molecule has 1 aromatic carbocycles. The van der Waals surface area contributed by atoms with Crippen LogP contribution < -0.4 is 0 Å². The van der Waals surface area contributed by atoms with Gasteiger partial charge in [0.05, 0.1) is 11.6 Å². The summed E-state index contributed by atoms with van der Waals surface area (Å²) in [6.45, 7) is 0. The summed E-state index contributed by atoms with van der Waals surface area (Å²) < 4.78 is 4.93. The van der Waals surface area contributed by atoms with Gasteiger partial charge in [-0.2, -0.15) is 5.26 Å². The molecule has 0 spiro atoms. The normalized spacial score (nSPS) is 10.7. The molecule has 0 aliphatic rings. The van der Waals surface area contributed by atoms with Crippen molar-refractivity contribution in [2.45, 2.75) is 0 Å². The molecule has 0 aromatic heterocycles. The Morgan fingerprint density at radius 3 is 2.81 bits per heavy atom. The highest BCUT2D eigenvalue weighted by molar-refractivity contribution is 9.10. The van der Waals surface area contributed by atoms with Gasteiger partial charge >= 0.3 is 5.97 Å². The van der Waals surface area contributed by atoms with E-state index in [0.717, 1.165) is 0 Å². The maximum absolute atomic E-state index is 11.1. The third kappa shape index (κ3) is 2.84. The number of hydrogen-bond donors (Lipinski definition) is 1. The van der Waals surface area contributed by atoms with E-state index in [2.05, 4.69) is 20.7 Å². The minimum Gasteiger partial charge on any atom is -0.507 e. The Morgan fingerprint density at radius 1 is 1.62 bits per heavy atom. The molecular weight excluding hydrogens is 274 g/mol. The number of carbonyl (C=O) groups excluding carboxylic acids is 1. The lowest BCUT2D eigenvalue weighted by Crippen LogP contribution is -2.02. The lowest BCUT2D eigenvalue weighted by Gasteiger charge is -1.99. The summed E-state index contributed by atoms with van der Waals surface area (Å²) in [5.41, 5.74) is 0.520. The summed E-state index contributed by atoms with van der Waals surface area (Å²) in [5, 5.41) is 18.0. The number of benzene rings is 1. The molecule has 0 aliphatic heterocycles. The standard InChI is InChI=1S/C11H8BrNO3/c1-16-11(15)8(6-13)4-7-2-3-10(14)9(12)5-7/h2-5,14H,1H3. The quantitative estimate of drug-likeness (QED) is 0.513. The van der Waals surface area contributed by atoms with Gasteiger partial charge in [0.25, 0.3) is 0 Å². The van der Waals surface area contributed by atoms with Gasteiger partial charge in [-0.1, -0.05) is 6.07 Å². The second-order valence-corrected chi connectivity index (χ2v) is 3.73. The number of nitriles is 1. The third-order valence-electron chi connectivity index (χ3n) is 1.81. The first-order valence-corrected chi connectivity index (χ1v) is 5.06. The summed E-state index contributed by atoms with van der Waals surface area (Å²) in [6, 6.07) is 6.38. The fourth-order valence-corrected chi connectivity index (χ4v) is 1.42. The number of nitrogens with zero attached hydrogens (tertiary/aromatic N) is 1. The van der Waals surface area contributed by atoms with Gasteiger partial charge in [0, 0.05) is 0 Å². The molecule has 4 nitrogen and oxygen atoms in total. The van der Waals surface area contributed by atoms with Crippen LogP contribution in [0.5, 0.6) is 5.75 Å². The number of esters is 1. The largest absolute Gasteiger partial charge is 0.507 e. The average molecular weight is 282 g/mol. The maximum Gasteiger partial charge on any atom is 0.348 e. The van der Waals surface area contributed by atoms with Crippen molar-refractivity contribution in [3.05, 3.63) is 33.8 Å². The summed E-state index contributed by atoms with van der Waals surface area (Å²) >= 11 is 3.13. The number of phenols is 1. The van der Waals surface area contributed by atoms with Gasteiger partial charge in [-0.25, -0.2) is 4.79 Å². The van der Waals surface area contributed by atoms with E-state index < -0.39 is 5.97 Å². The van der Waals surface area contributed by atoms with Crippen molar-refractivity contribution >= 4 is 28.0 Å². The minimum absolute atomic E-state index is 0.0914. The second kappa shape index (κ2) is 5.33. The minimum atomic E-state index is -0.688. The first-order chi connectivity index (χ1) is 7.58. The van der Waals surface area contributed by atoms with Crippen molar-refractivity contribution < 1.29 is 14.6 Å². The van der Waals surface area contributed by atoms with Crippen molar-refractivity contribution in [2.75, 3.05) is 7.11 Å². The highest BCUT2D eigenvalue weighted by Crippen LogP contribution is 2.25. The van der Waals surface area contributed by atoms with E-state index >= 15 is 0 Å². The van der Waals surface area contributed by atoms with E-state index in [1.165, 1.54) is 19.3 Å². The number of halogens is 1. The predicted octanol–water partition coefficient (Wildman–Crippen LogP) is 2.23. The Balaban J connectivity index is 3.10. The SMILES string of the molecule is COC(=O)C(C#N)=Cc1ccc(O)c(Br)c1. The molecule has 0 bridgehead atoms. The number of ether oxygens (including phenoxy) is 1. The zero-order chi connectivity index (χ0) is 12.1. The summed E-state index contributed by atoms with van der Waals surface area (Å²) in [7, 11) is 1.21. The van der Waals surface area contributed by atoms with Crippen LogP contribution in [0.25, 0.3) is 6.08 Å². The van der Waals surface area contributed by atoms with Gasteiger partial charge < -0.3 is 9.84 Å². The van der Waals surface area contributed by atoms with Gasteiger partial charge in [-0.15, -0.1) is 0 Å². The molecule has 1 N–H and O–H groups in total. The van der Waals surface area contributed by atoms with Crippen molar-refractivity contribution in [2.24, 2.45) is 0 Å². The van der Waals surface area contributed by atoms with Crippen LogP contribution in [0.15, 0.2) is 28.2 Å². The number of aromatic hydroxyl groups is 1. The van der Waals surface area contributed by atoms with E-state index in [9.17, 15) is 9.90 Å². The summed E-state index contributed by atoms with van der Waals surface area (Å²) in [4.78, 5) is 11.1. The Kier molecular flexibility index (Phi) is 4.09. The second-order valence-electron chi connectivity index (χ2n) is 2.87. The van der Waals surface area contributed by atoms with Crippen LogP contribution >= 0.6 is 15.9 Å². The summed E-state index contributed by atoms with van der Waals surface area (Å²) in [6.07, 6.45) is 1.38. The maximum atomic E-state index is 11.1. The van der Waals surface area contributed by atoms with Crippen molar-refractivity contribution in [1.29, 1.82) is 5.26 Å². The molecule has 0 heterocycles. The third-order valence-corrected chi connectivity index (χ3v) is 2.44. The molecular formula is C11H8BrNO3. The van der Waals surface area contributed by atoms with E-state index in [-0.39, 0.29) is 11.3 Å². The van der Waals surface area contributed by atoms with Gasteiger partial charge in [0.1, 0.15) is 17.4 Å². The summed E-state index contributed by atoms with van der Waals surface area (Å²) in [5.74, 6) is -0.597. The zero-order valence-electron chi connectivity index (χ0n) is 8.40. The van der Waals surface area contributed by atoms with Gasteiger partial charge in [0.2, 0.25) is 0 Å². The fraction of sp³-hybridized carbons (Fsp3) is 0.0909. The van der Waals surface area contributed by atoms with Crippen LogP contribution in [0.4, 0.5) is 0 Å². The Labute approximate surface area is 101 Å². The van der Waals surface area contributed by atoms with Crippen molar-refractivity contribution in [3.63, 3.8) is 0 Å². The highest BCUT2D eigenvalue weighted by atomic mass is 79.9. The molecule has 82 valence electrons. The van der Waals surface area contributed by atoms with Crippen molar-refractivity contribution in [1.82, 2.24) is 0 Å². The molecule has 0 fully saturated rings. The molecule has 1 rings (SSSR count). The van der Waals surface area contributed by atoms with Crippen LogP contribution in [-0.4, -0.2) is 18.2 Å². The van der Waals surface area contributed by atoms with E-state index in [1.54, 1.807) is 18.2 Å². The molecule has 0 saturated heterocycles. The van der Waals surface area contributed by atoms with Crippen LogP contribution in [0.2, 0.25) is 0 Å². The van der Waals surface area contributed by atoms with Crippen LogP contribution in [0.1, 0.15) is 5.56 Å². The molecule has 1 aromatic rings. The first-order valence-electron chi connectivity index (χ1n) is 4.27. The molecule has 0 radical (unpaired) electrons. The van der Waals surface area contributed by atoms with Crippen molar-refractivity contribution in [3.8, 4) is 11.8 Å². The zero-order valence-corrected chi connectivity index (χ0v) is 9.98. The first kappa shape index (κ1) is 12.3. The lowest BCUT2D eigenvalue weighted by molar-refractivity contribution is -0.135. The molecule has 5 heteroatoms. The molecule has 16 heavy (non-hydrogen) atoms. The lowest BCUT2D eigenvalue weighted by atomic mass is 10.1. The molecule has 0 amide bonds. The van der Waals surface area contributed by atoms with Gasteiger partial charge in [0.15, 0.2) is 0 Å². The fourth-order valence-electron chi connectivity index (χ4n) is 1.03. The Hall–Kier alpha value is -1.80. The molecule has 0 unspecified atom stereocenters. The molecule has 0 atom stereocenters. The molecule has 0 aliphatic carbocycles. The highest BCUT2D eigenvalue weighted by Gasteiger charge is 2.08. The van der Waals surface area contributed by atoms with E-state index in [1.807, 2.05) is 0 Å². The van der Waals surface area contributed by atoms with Crippen LogP contribution in [0, 0.1) is 11.3 Å². The number of carbonyl (C=O) groups is 1. The number of methoxy groups -OCH3 is 1. The monoisotopic (exact) mass is 281 g/mol. The smallest absolute Gasteiger partial charge is 0.348 e. The molecule has 0 saturated carbocycles. The van der Waals surface area contributed by atoms with Crippen LogP contribution in [-0.2, 0) is 9.53 Å². The van der Waals surface area contributed by atoms with Crippen LogP contribution in [0.3, 0.4) is 0 Å². The van der Waals surface area contributed by atoms with E-state index in [4.69, 9.17) is 5.26 Å². The Morgan fingerprint density at radius 2 is 2.31 bits per heavy atom. The predicted molar refractivity (Wildman–Crippen MR) is 61.4 cm³/mol. The topological polar surface area (TPSA) is 70.3 Å². The van der Waals surface area contributed by atoms with Gasteiger partial charge in [-0.3, -0.25) is 0 Å². The number of rotatable bonds is 2. The number of hydrogen-bond acceptors (Lipinski definition) is 4. The van der Waals surface area contributed by atoms with Gasteiger partial charge in [-0.05, 0) is 39.7 Å². The Bertz CT molecular complexity index is 488. The van der Waals surface area contributed by atoms with E-state index in [0.29, 0.717) is 10.0 Å².